The Kier molecular flexibility index (Phi) is 6.38. The summed E-state index contributed by atoms with van der Waals surface area (Å²) in [6, 6.07) is 5.42. The molecular formula is C19H23NO6. The molecule has 0 fully saturated rings. The molecule has 0 bridgehead atoms. The van der Waals surface area contributed by atoms with Gasteiger partial charge in [-0.3, -0.25) is 4.79 Å². The number of carboxylic acid groups (broad SMARTS) is 1. The molecule has 0 aliphatic rings. The molecule has 2 atom stereocenters. The lowest BCUT2D eigenvalue weighted by atomic mass is 10.1. The van der Waals surface area contributed by atoms with Crippen LogP contribution in [0.5, 0.6) is 5.75 Å². The first-order valence-corrected chi connectivity index (χ1v) is 8.56. The van der Waals surface area contributed by atoms with Gasteiger partial charge in [-0.25, -0.2) is 9.59 Å². The number of aliphatic carboxylic acids is 1. The third-order valence-corrected chi connectivity index (χ3v) is 4.07. The van der Waals surface area contributed by atoms with Crippen LogP contribution in [0.4, 0.5) is 0 Å². The Hall–Kier alpha value is -2.83. The Morgan fingerprint density at radius 3 is 2.69 bits per heavy atom. The molecule has 0 spiro atoms. The Labute approximate surface area is 151 Å². The number of hydrogen-bond donors (Lipinski definition) is 2. The van der Waals surface area contributed by atoms with Gasteiger partial charge in [0.05, 0.1) is 0 Å². The summed E-state index contributed by atoms with van der Waals surface area (Å²) in [6.07, 6.45) is 1.01. The first-order valence-electron chi connectivity index (χ1n) is 8.56. The average Bonchev–Trinajstić information content (AvgIpc) is 2.57. The third kappa shape index (κ3) is 4.84. The Morgan fingerprint density at radius 1 is 1.31 bits per heavy atom. The number of fused-ring (bicyclic) bond motifs is 1. The van der Waals surface area contributed by atoms with E-state index < -0.39 is 29.6 Å². The second kappa shape index (κ2) is 8.51. The molecule has 0 saturated heterocycles. The van der Waals surface area contributed by atoms with Gasteiger partial charge in [0.1, 0.15) is 17.4 Å². The maximum Gasteiger partial charge on any atom is 0.336 e. The van der Waals surface area contributed by atoms with E-state index >= 15 is 0 Å². The van der Waals surface area contributed by atoms with E-state index in [0.717, 1.165) is 17.4 Å². The van der Waals surface area contributed by atoms with E-state index in [-0.39, 0.29) is 0 Å². The number of carbonyl (C=O) groups is 2. The highest BCUT2D eigenvalue weighted by Gasteiger charge is 2.23. The van der Waals surface area contributed by atoms with Crippen molar-refractivity contribution in [2.45, 2.75) is 52.2 Å². The zero-order valence-electron chi connectivity index (χ0n) is 15.1. The normalized spacial score (nSPS) is 13.2. The fraction of sp³-hybridized carbons (Fsp3) is 0.421. The number of ether oxygens (including phenoxy) is 1. The summed E-state index contributed by atoms with van der Waals surface area (Å²) >= 11 is 0. The van der Waals surface area contributed by atoms with Gasteiger partial charge in [-0.15, -0.1) is 0 Å². The number of nitrogens with one attached hydrogen (secondary N) is 1. The molecule has 0 radical (unpaired) electrons. The lowest BCUT2D eigenvalue weighted by Crippen LogP contribution is -2.46. The van der Waals surface area contributed by atoms with Crippen LogP contribution in [0, 0.1) is 6.92 Å². The minimum atomic E-state index is -1.07. The summed E-state index contributed by atoms with van der Waals surface area (Å²) in [4.78, 5) is 34.9. The maximum atomic E-state index is 12.2. The van der Waals surface area contributed by atoms with E-state index in [2.05, 4.69) is 5.32 Å². The Balaban J connectivity index is 2.09. The standard InChI is InChI=1S/C19H23NO6/c1-4-5-6-15(19(23)24)20-18(22)12(3)25-13-7-8-14-11(2)9-17(21)26-16(14)10-13/h7-10,12,15H,4-6H2,1-3H3,(H,20,22)(H,23,24)/t12-,15-/m0/s1. The van der Waals surface area contributed by atoms with Gasteiger partial charge in [0.25, 0.3) is 5.91 Å². The number of rotatable bonds is 8. The molecule has 1 aromatic carbocycles. The highest BCUT2D eigenvalue weighted by atomic mass is 16.5. The van der Waals surface area contributed by atoms with Crippen LogP contribution in [0.2, 0.25) is 0 Å². The van der Waals surface area contributed by atoms with Gasteiger partial charge in [-0.2, -0.15) is 0 Å². The number of carbonyl (C=O) groups excluding carboxylic acids is 1. The van der Waals surface area contributed by atoms with E-state index in [1.165, 1.54) is 13.0 Å². The van der Waals surface area contributed by atoms with Crippen LogP contribution in [0.15, 0.2) is 33.5 Å². The molecule has 1 amide bonds. The maximum absolute atomic E-state index is 12.2. The molecule has 140 valence electrons. The van der Waals surface area contributed by atoms with Crippen LogP contribution in [0.1, 0.15) is 38.7 Å². The number of unbranched alkanes of at least 4 members (excludes halogenated alkanes) is 1. The van der Waals surface area contributed by atoms with Crippen molar-refractivity contribution in [3.63, 3.8) is 0 Å². The molecule has 7 nitrogen and oxygen atoms in total. The number of aryl methyl sites for hydroxylation is 1. The molecule has 2 N–H and O–H groups in total. The number of hydrogen-bond acceptors (Lipinski definition) is 5. The molecule has 0 saturated carbocycles. The summed E-state index contributed by atoms with van der Waals surface area (Å²) < 4.78 is 10.7. The molecule has 2 aromatic rings. The SMILES string of the molecule is CCCC[C@H](NC(=O)[C@H](C)Oc1ccc2c(C)cc(=O)oc2c1)C(=O)O. The van der Waals surface area contributed by atoms with Crippen molar-refractivity contribution in [2.24, 2.45) is 0 Å². The molecule has 1 heterocycles. The molecule has 2 rings (SSSR count). The zero-order chi connectivity index (χ0) is 19.3. The van der Waals surface area contributed by atoms with Gasteiger partial charge in [-0.1, -0.05) is 19.8 Å². The summed E-state index contributed by atoms with van der Waals surface area (Å²) in [5, 5.41) is 12.5. The largest absolute Gasteiger partial charge is 0.481 e. The van der Waals surface area contributed by atoms with Crippen LogP contribution < -0.4 is 15.7 Å². The molecule has 1 aromatic heterocycles. The lowest BCUT2D eigenvalue weighted by molar-refractivity contribution is -0.143. The highest BCUT2D eigenvalue weighted by molar-refractivity contribution is 5.86. The van der Waals surface area contributed by atoms with Crippen molar-refractivity contribution in [1.29, 1.82) is 0 Å². The van der Waals surface area contributed by atoms with Crippen molar-refractivity contribution in [1.82, 2.24) is 5.32 Å². The van der Waals surface area contributed by atoms with Gasteiger partial charge < -0.3 is 19.6 Å². The predicted molar refractivity (Wildman–Crippen MR) is 96.4 cm³/mol. The summed E-state index contributed by atoms with van der Waals surface area (Å²) in [6.45, 7) is 5.29. The van der Waals surface area contributed by atoms with E-state index in [1.807, 2.05) is 6.92 Å². The van der Waals surface area contributed by atoms with Gasteiger partial charge in [0.15, 0.2) is 6.10 Å². The van der Waals surface area contributed by atoms with E-state index in [0.29, 0.717) is 24.2 Å². The van der Waals surface area contributed by atoms with Gasteiger partial charge in [-0.05, 0) is 38.0 Å². The van der Waals surface area contributed by atoms with Crippen molar-refractivity contribution in [2.75, 3.05) is 0 Å². The van der Waals surface area contributed by atoms with E-state index in [9.17, 15) is 19.5 Å². The average molecular weight is 361 g/mol. The van der Waals surface area contributed by atoms with Crippen molar-refractivity contribution in [3.8, 4) is 5.75 Å². The van der Waals surface area contributed by atoms with E-state index in [1.54, 1.807) is 25.1 Å². The first-order chi connectivity index (χ1) is 12.3. The summed E-state index contributed by atoms with van der Waals surface area (Å²) in [7, 11) is 0. The fourth-order valence-electron chi connectivity index (χ4n) is 2.59. The van der Waals surface area contributed by atoms with Gasteiger partial charge in [0, 0.05) is 17.5 Å². The Bertz CT molecular complexity index is 857. The van der Waals surface area contributed by atoms with Crippen LogP contribution in [0.25, 0.3) is 11.0 Å². The smallest absolute Gasteiger partial charge is 0.336 e. The first kappa shape index (κ1) is 19.5. The van der Waals surface area contributed by atoms with E-state index in [4.69, 9.17) is 9.15 Å². The van der Waals surface area contributed by atoms with Crippen LogP contribution >= 0.6 is 0 Å². The molecule has 26 heavy (non-hydrogen) atoms. The minimum Gasteiger partial charge on any atom is -0.481 e. The predicted octanol–water partition coefficient (Wildman–Crippen LogP) is 2.63. The molecule has 0 aliphatic heterocycles. The molecule has 7 heteroatoms. The minimum absolute atomic E-state index is 0.356. The lowest BCUT2D eigenvalue weighted by Gasteiger charge is -2.19. The molecule has 0 unspecified atom stereocenters. The van der Waals surface area contributed by atoms with Crippen LogP contribution in [0.3, 0.4) is 0 Å². The van der Waals surface area contributed by atoms with Crippen molar-refractivity contribution < 1.29 is 23.8 Å². The van der Waals surface area contributed by atoms with Crippen molar-refractivity contribution in [3.05, 3.63) is 40.2 Å². The fourth-order valence-corrected chi connectivity index (χ4v) is 2.59. The second-order valence-electron chi connectivity index (χ2n) is 6.21. The van der Waals surface area contributed by atoms with Gasteiger partial charge in [0.2, 0.25) is 0 Å². The topological polar surface area (TPSA) is 106 Å². The number of amides is 1. The monoisotopic (exact) mass is 361 g/mol. The van der Waals surface area contributed by atoms with Gasteiger partial charge >= 0.3 is 11.6 Å². The Morgan fingerprint density at radius 2 is 2.04 bits per heavy atom. The summed E-state index contributed by atoms with van der Waals surface area (Å²) in [5.74, 6) is -1.23. The second-order valence-corrected chi connectivity index (χ2v) is 6.21. The quantitative estimate of drug-likeness (QED) is 0.700. The highest BCUT2D eigenvalue weighted by Crippen LogP contribution is 2.23. The zero-order valence-corrected chi connectivity index (χ0v) is 15.1. The number of benzene rings is 1. The third-order valence-electron chi connectivity index (χ3n) is 4.07. The van der Waals surface area contributed by atoms with Crippen molar-refractivity contribution >= 4 is 22.8 Å². The summed E-state index contributed by atoms with van der Waals surface area (Å²) in [5.41, 5.74) is 0.693. The van der Waals surface area contributed by atoms with Crippen LogP contribution in [-0.2, 0) is 9.59 Å². The molecule has 0 aliphatic carbocycles. The number of carboxylic acids is 1. The van der Waals surface area contributed by atoms with Crippen LogP contribution in [-0.4, -0.2) is 29.1 Å². The molecular weight excluding hydrogens is 338 g/mol.